The third-order valence-electron chi connectivity index (χ3n) is 2.36. The minimum Gasteiger partial charge on any atom is -0.372 e. The predicted molar refractivity (Wildman–Crippen MR) is 75.9 cm³/mol. The molecule has 1 aromatic rings. The maximum absolute atomic E-state index is 9.05. The van der Waals surface area contributed by atoms with Gasteiger partial charge in [-0.15, -0.1) is 0 Å². The van der Waals surface area contributed by atoms with E-state index in [9.17, 15) is 0 Å². The average Bonchev–Trinajstić information content (AvgIpc) is 2.42. The van der Waals surface area contributed by atoms with E-state index in [2.05, 4.69) is 21.4 Å². The predicted octanol–water partition coefficient (Wildman–Crippen LogP) is 2.70. The number of aliphatic imine (C=N–C) groups is 1. The van der Waals surface area contributed by atoms with Gasteiger partial charge in [0.05, 0.1) is 0 Å². The Morgan fingerprint density at radius 2 is 2.00 bits per heavy atom. The van der Waals surface area contributed by atoms with E-state index in [1.54, 1.807) is 14.1 Å². The van der Waals surface area contributed by atoms with Crippen molar-refractivity contribution in [2.45, 2.75) is 33.6 Å². The van der Waals surface area contributed by atoms with Crippen LogP contribution in [0.5, 0.6) is 0 Å². The quantitative estimate of drug-likeness (QED) is 0.644. The smallest absolute Gasteiger partial charge is 0.146 e. The summed E-state index contributed by atoms with van der Waals surface area (Å²) >= 11 is 0. The van der Waals surface area contributed by atoms with E-state index in [1.165, 1.54) is 0 Å². The minimum atomic E-state index is 0.299. The molecule has 98 valence electrons. The first-order valence-corrected chi connectivity index (χ1v) is 6.20. The molecule has 1 heterocycles. The summed E-state index contributed by atoms with van der Waals surface area (Å²) in [5, 5.41) is 12.0. The second kappa shape index (κ2) is 8.24. The van der Waals surface area contributed by atoms with Crippen LogP contribution in [0, 0.1) is 11.3 Å². The molecular formula is C14H22N4. The fourth-order valence-electron chi connectivity index (χ4n) is 1.51. The monoisotopic (exact) mass is 246 g/mol. The highest BCUT2D eigenvalue weighted by atomic mass is 15.0. The first-order chi connectivity index (χ1) is 8.63. The summed E-state index contributed by atoms with van der Waals surface area (Å²) in [7, 11) is 3.47. The summed E-state index contributed by atoms with van der Waals surface area (Å²) in [4.78, 5) is 8.36. The van der Waals surface area contributed by atoms with Gasteiger partial charge in [-0.25, -0.2) is 4.98 Å². The Labute approximate surface area is 110 Å². The summed E-state index contributed by atoms with van der Waals surface area (Å²) < 4.78 is 0. The topological polar surface area (TPSA) is 61.1 Å². The van der Waals surface area contributed by atoms with Gasteiger partial charge < -0.3 is 5.32 Å². The lowest BCUT2D eigenvalue weighted by atomic mass is 10.0. The molecule has 1 N–H and O–H groups in total. The van der Waals surface area contributed by atoms with E-state index in [4.69, 9.17) is 5.26 Å². The van der Waals surface area contributed by atoms with E-state index in [-0.39, 0.29) is 0 Å². The van der Waals surface area contributed by atoms with Crippen LogP contribution in [0.3, 0.4) is 0 Å². The number of hydrogen-bond acceptors (Lipinski definition) is 3. The van der Waals surface area contributed by atoms with Crippen LogP contribution in [0.15, 0.2) is 17.1 Å². The SMILES string of the molecule is CC.CN=C(NC)c1ccc(C(C)C)c(C#N)n1. The largest absolute Gasteiger partial charge is 0.372 e. The molecule has 0 aliphatic heterocycles. The van der Waals surface area contributed by atoms with Gasteiger partial charge >= 0.3 is 0 Å². The molecular weight excluding hydrogens is 224 g/mol. The molecule has 18 heavy (non-hydrogen) atoms. The second-order valence-corrected chi connectivity index (χ2v) is 3.72. The van der Waals surface area contributed by atoms with Crippen LogP contribution in [0.1, 0.15) is 50.6 Å². The Bertz CT molecular complexity index is 442. The first-order valence-electron chi connectivity index (χ1n) is 6.20. The van der Waals surface area contributed by atoms with Gasteiger partial charge in [-0.1, -0.05) is 33.8 Å². The van der Waals surface area contributed by atoms with Crippen molar-refractivity contribution in [3.05, 3.63) is 29.1 Å². The maximum Gasteiger partial charge on any atom is 0.146 e. The second-order valence-electron chi connectivity index (χ2n) is 3.72. The van der Waals surface area contributed by atoms with Crippen molar-refractivity contribution >= 4 is 5.84 Å². The van der Waals surface area contributed by atoms with Crippen LogP contribution in [-0.2, 0) is 0 Å². The molecule has 0 atom stereocenters. The molecule has 0 spiro atoms. The highest BCUT2D eigenvalue weighted by Crippen LogP contribution is 2.17. The fourth-order valence-corrected chi connectivity index (χ4v) is 1.51. The summed E-state index contributed by atoms with van der Waals surface area (Å²) in [5.41, 5.74) is 2.15. The first kappa shape index (κ1) is 16.1. The Morgan fingerprint density at radius 3 is 2.39 bits per heavy atom. The van der Waals surface area contributed by atoms with Crippen molar-refractivity contribution in [1.29, 1.82) is 5.26 Å². The molecule has 0 aliphatic rings. The number of rotatable bonds is 2. The Hall–Kier alpha value is -1.89. The number of amidine groups is 1. The normalized spacial score (nSPS) is 10.4. The van der Waals surface area contributed by atoms with E-state index < -0.39 is 0 Å². The number of pyridine rings is 1. The van der Waals surface area contributed by atoms with Gasteiger partial charge in [0.2, 0.25) is 0 Å². The summed E-state index contributed by atoms with van der Waals surface area (Å²) in [6.07, 6.45) is 0. The van der Waals surface area contributed by atoms with E-state index >= 15 is 0 Å². The molecule has 1 rings (SSSR count). The average molecular weight is 246 g/mol. The summed E-state index contributed by atoms with van der Waals surface area (Å²) in [5.74, 6) is 0.986. The third-order valence-corrected chi connectivity index (χ3v) is 2.36. The summed E-state index contributed by atoms with van der Waals surface area (Å²) in [6, 6.07) is 5.95. The van der Waals surface area contributed by atoms with Crippen LogP contribution in [-0.4, -0.2) is 24.9 Å². The lowest BCUT2D eigenvalue weighted by Gasteiger charge is -2.09. The highest BCUT2D eigenvalue weighted by molar-refractivity contribution is 5.96. The molecule has 0 fully saturated rings. The highest BCUT2D eigenvalue weighted by Gasteiger charge is 2.10. The molecule has 0 saturated heterocycles. The fraction of sp³-hybridized carbons (Fsp3) is 0.500. The lowest BCUT2D eigenvalue weighted by Crippen LogP contribution is -2.21. The number of aromatic nitrogens is 1. The zero-order valence-electron chi connectivity index (χ0n) is 12.1. The van der Waals surface area contributed by atoms with Crippen LogP contribution < -0.4 is 5.32 Å². The number of nitrogens with zero attached hydrogens (tertiary/aromatic N) is 3. The zero-order valence-corrected chi connectivity index (χ0v) is 12.1. The van der Waals surface area contributed by atoms with Gasteiger partial charge in [-0.05, 0) is 17.5 Å². The molecule has 0 saturated carbocycles. The lowest BCUT2D eigenvalue weighted by molar-refractivity contribution is 0.850. The van der Waals surface area contributed by atoms with Gasteiger partial charge in [-0.2, -0.15) is 5.26 Å². The maximum atomic E-state index is 9.05. The van der Waals surface area contributed by atoms with Crippen molar-refractivity contribution < 1.29 is 0 Å². The van der Waals surface area contributed by atoms with E-state index in [0.717, 1.165) is 5.56 Å². The van der Waals surface area contributed by atoms with Gasteiger partial charge in [-0.3, -0.25) is 4.99 Å². The van der Waals surface area contributed by atoms with Crippen molar-refractivity contribution in [3.63, 3.8) is 0 Å². The van der Waals surface area contributed by atoms with Crippen molar-refractivity contribution in [3.8, 4) is 6.07 Å². The van der Waals surface area contributed by atoms with Crippen molar-refractivity contribution in [2.24, 2.45) is 4.99 Å². The molecule has 0 amide bonds. The molecule has 0 bridgehead atoms. The Morgan fingerprint density at radius 1 is 1.39 bits per heavy atom. The minimum absolute atomic E-state index is 0.299. The molecule has 0 unspecified atom stereocenters. The molecule has 1 aromatic heterocycles. The van der Waals surface area contributed by atoms with Crippen LogP contribution in [0.25, 0.3) is 0 Å². The Kier molecular flexibility index (Phi) is 7.37. The van der Waals surface area contributed by atoms with Gasteiger partial charge in [0.25, 0.3) is 0 Å². The number of hydrogen-bond donors (Lipinski definition) is 1. The summed E-state index contributed by atoms with van der Waals surface area (Å²) in [6.45, 7) is 8.09. The van der Waals surface area contributed by atoms with Crippen molar-refractivity contribution in [2.75, 3.05) is 14.1 Å². The molecule has 0 aliphatic carbocycles. The molecule has 4 heteroatoms. The Balaban J connectivity index is 0.00000137. The number of nitrogens with one attached hydrogen (secondary N) is 1. The van der Waals surface area contributed by atoms with Gasteiger partial charge in [0, 0.05) is 14.1 Å². The molecule has 0 aromatic carbocycles. The van der Waals surface area contributed by atoms with E-state index in [1.807, 2.05) is 39.8 Å². The zero-order chi connectivity index (χ0) is 14.1. The van der Waals surface area contributed by atoms with Crippen molar-refractivity contribution in [1.82, 2.24) is 10.3 Å². The van der Waals surface area contributed by atoms with Gasteiger partial charge in [0.1, 0.15) is 23.3 Å². The van der Waals surface area contributed by atoms with Crippen LogP contribution >= 0.6 is 0 Å². The van der Waals surface area contributed by atoms with Crippen LogP contribution in [0.4, 0.5) is 0 Å². The molecule has 4 nitrogen and oxygen atoms in total. The third kappa shape index (κ3) is 3.85. The number of nitriles is 1. The van der Waals surface area contributed by atoms with Gasteiger partial charge in [0.15, 0.2) is 0 Å². The molecule has 0 radical (unpaired) electrons. The van der Waals surface area contributed by atoms with Crippen LogP contribution in [0.2, 0.25) is 0 Å². The standard InChI is InChI=1S/C12H16N4.C2H6/c1-8(2)9-5-6-10(12(14-3)15-4)16-11(9)7-13;1-2/h5-6,8H,1-4H3,(H,14,15);1-2H3. The van der Waals surface area contributed by atoms with E-state index in [0.29, 0.717) is 23.1 Å².